The lowest BCUT2D eigenvalue weighted by Crippen LogP contribution is -1.97. The van der Waals surface area contributed by atoms with Crippen molar-refractivity contribution < 1.29 is 13.5 Å². The van der Waals surface area contributed by atoms with Crippen molar-refractivity contribution in [3.05, 3.63) is 29.8 Å². The van der Waals surface area contributed by atoms with Crippen LogP contribution in [0.2, 0.25) is 0 Å². The van der Waals surface area contributed by atoms with Crippen LogP contribution in [0.25, 0.3) is 11.3 Å². The molecule has 90 valence electrons. The molecule has 2 N–H and O–H groups in total. The summed E-state index contributed by atoms with van der Waals surface area (Å²) in [7, 11) is 3.04. The highest BCUT2D eigenvalue weighted by Gasteiger charge is 2.15. The van der Waals surface area contributed by atoms with Crippen LogP contribution in [0.4, 0.5) is 14.6 Å². The molecule has 1 heterocycles. The molecule has 0 bridgehead atoms. The number of aryl methyl sites for hydroxylation is 1. The van der Waals surface area contributed by atoms with Gasteiger partial charge in [-0.3, -0.25) is 4.68 Å². The summed E-state index contributed by atoms with van der Waals surface area (Å²) in [6, 6.07) is 3.58. The summed E-state index contributed by atoms with van der Waals surface area (Å²) in [5.74, 6) is -1.28. The highest BCUT2D eigenvalue weighted by molar-refractivity contribution is 5.69. The van der Waals surface area contributed by atoms with Gasteiger partial charge in [0.15, 0.2) is 11.6 Å². The molecule has 1 aromatic heterocycles. The quantitative estimate of drug-likeness (QED) is 0.871. The fraction of sp³-hybridized carbons (Fsp3) is 0.182. The number of nitrogens with two attached hydrogens (primary N) is 1. The summed E-state index contributed by atoms with van der Waals surface area (Å²) < 4.78 is 32.7. The molecule has 2 rings (SSSR count). The van der Waals surface area contributed by atoms with Crippen molar-refractivity contribution in [2.24, 2.45) is 7.05 Å². The molecule has 4 nitrogen and oxygen atoms in total. The number of nitrogen functional groups attached to an aromatic ring is 1. The van der Waals surface area contributed by atoms with E-state index in [9.17, 15) is 8.78 Å². The van der Waals surface area contributed by atoms with Gasteiger partial charge in [-0.05, 0) is 6.07 Å². The highest BCUT2D eigenvalue weighted by atomic mass is 19.2. The van der Waals surface area contributed by atoms with Crippen molar-refractivity contribution in [3.8, 4) is 17.0 Å². The lowest BCUT2D eigenvalue weighted by molar-refractivity contribution is 0.408. The lowest BCUT2D eigenvalue weighted by Gasteiger charge is -2.06. The Bertz CT molecular complexity index is 547. The predicted octanol–water partition coefficient (Wildman–Crippen LogP) is 1.96. The van der Waals surface area contributed by atoms with Crippen molar-refractivity contribution in [1.29, 1.82) is 0 Å². The summed E-state index contributed by atoms with van der Waals surface area (Å²) in [5, 5.41) is 4.08. The van der Waals surface area contributed by atoms with Gasteiger partial charge in [-0.25, -0.2) is 8.78 Å². The van der Waals surface area contributed by atoms with Crippen LogP contribution < -0.4 is 10.5 Å². The molecule has 0 atom stereocenters. The number of halogens is 2. The van der Waals surface area contributed by atoms with Gasteiger partial charge < -0.3 is 10.5 Å². The number of benzene rings is 1. The van der Waals surface area contributed by atoms with E-state index in [2.05, 4.69) is 5.10 Å². The smallest absolute Gasteiger partial charge is 0.162 e. The number of methoxy groups -OCH3 is 1. The van der Waals surface area contributed by atoms with Gasteiger partial charge >= 0.3 is 0 Å². The Hall–Kier alpha value is -2.11. The monoisotopic (exact) mass is 239 g/mol. The van der Waals surface area contributed by atoms with E-state index in [1.807, 2.05) is 0 Å². The highest BCUT2D eigenvalue weighted by Crippen LogP contribution is 2.31. The summed E-state index contributed by atoms with van der Waals surface area (Å²) in [6.07, 6.45) is 0. The zero-order valence-electron chi connectivity index (χ0n) is 9.37. The van der Waals surface area contributed by atoms with E-state index in [1.165, 1.54) is 11.8 Å². The molecule has 0 saturated heterocycles. The average Bonchev–Trinajstić information content (AvgIpc) is 2.62. The molecule has 0 radical (unpaired) electrons. The normalized spacial score (nSPS) is 10.6. The maximum atomic E-state index is 13.2. The van der Waals surface area contributed by atoms with Crippen molar-refractivity contribution >= 4 is 5.82 Å². The second-order valence-electron chi connectivity index (χ2n) is 3.54. The molecule has 0 fully saturated rings. The van der Waals surface area contributed by atoms with Gasteiger partial charge in [-0.1, -0.05) is 0 Å². The molecular formula is C11H11F2N3O. The first kappa shape index (κ1) is 11.4. The number of hydrogen-bond acceptors (Lipinski definition) is 3. The zero-order valence-corrected chi connectivity index (χ0v) is 9.37. The molecule has 0 spiro atoms. The van der Waals surface area contributed by atoms with E-state index >= 15 is 0 Å². The minimum atomic E-state index is -0.963. The minimum absolute atomic E-state index is 0.210. The summed E-state index contributed by atoms with van der Waals surface area (Å²) in [6.45, 7) is 0. The number of rotatable bonds is 2. The molecule has 2 aromatic rings. The van der Waals surface area contributed by atoms with Gasteiger partial charge in [0, 0.05) is 24.7 Å². The topological polar surface area (TPSA) is 53.1 Å². The van der Waals surface area contributed by atoms with Gasteiger partial charge in [0.05, 0.1) is 12.8 Å². The van der Waals surface area contributed by atoms with E-state index in [0.717, 1.165) is 12.1 Å². The maximum Gasteiger partial charge on any atom is 0.162 e. The SMILES string of the molecule is COc1cc(F)c(F)cc1-c1cc(N)n(C)n1. The number of hydrogen-bond donors (Lipinski definition) is 1. The number of ether oxygens (including phenoxy) is 1. The molecule has 0 aliphatic rings. The standard InChI is InChI=1S/C11H11F2N3O/c1-16-11(14)5-9(15-16)6-3-7(12)8(13)4-10(6)17-2/h3-5H,14H2,1-2H3. The molecule has 0 unspecified atom stereocenters. The number of aromatic nitrogens is 2. The largest absolute Gasteiger partial charge is 0.496 e. The minimum Gasteiger partial charge on any atom is -0.496 e. The fourth-order valence-electron chi connectivity index (χ4n) is 1.51. The van der Waals surface area contributed by atoms with Gasteiger partial charge in [-0.2, -0.15) is 5.10 Å². The van der Waals surface area contributed by atoms with Crippen LogP contribution >= 0.6 is 0 Å². The second kappa shape index (κ2) is 4.04. The Morgan fingerprint density at radius 1 is 1.24 bits per heavy atom. The summed E-state index contributed by atoms with van der Waals surface area (Å²) >= 11 is 0. The van der Waals surface area contributed by atoms with E-state index in [-0.39, 0.29) is 5.75 Å². The third-order valence-corrected chi connectivity index (χ3v) is 2.43. The van der Waals surface area contributed by atoms with Gasteiger partial charge in [-0.15, -0.1) is 0 Å². The first-order valence-electron chi connectivity index (χ1n) is 4.86. The predicted molar refractivity (Wildman–Crippen MR) is 59.5 cm³/mol. The molecule has 17 heavy (non-hydrogen) atoms. The van der Waals surface area contributed by atoms with Crippen LogP contribution in [0.5, 0.6) is 5.75 Å². The van der Waals surface area contributed by atoms with Crippen molar-refractivity contribution in [2.75, 3.05) is 12.8 Å². The van der Waals surface area contributed by atoms with Gasteiger partial charge in [0.25, 0.3) is 0 Å². The van der Waals surface area contributed by atoms with Crippen LogP contribution in [0.15, 0.2) is 18.2 Å². The van der Waals surface area contributed by atoms with Crippen LogP contribution in [-0.4, -0.2) is 16.9 Å². The maximum absolute atomic E-state index is 13.2. The van der Waals surface area contributed by atoms with Gasteiger partial charge in [0.2, 0.25) is 0 Å². The molecular weight excluding hydrogens is 228 g/mol. The van der Waals surface area contributed by atoms with Crippen LogP contribution in [-0.2, 0) is 7.05 Å². The number of anilines is 1. The molecule has 0 aliphatic carbocycles. The molecule has 0 saturated carbocycles. The Morgan fingerprint density at radius 2 is 1.88 bits per heavy atom. The summed E-state index contributed by atoms with van der Waals surface area (Å²) in [5.41, 5.74) is 6.42. The van der Waals surface area contributed by atoms with E-state index in [0.29, 0.717) is 17.1 Å². The zero-order chi connectivity index (χ0) is 12.6. The summed E-state index contributed by atoms with van der Waals surface area (Å²) in [4.78, 5) is 0. The molecule has 0 amide bonds. The fourth-order valence-corrected chi connectivity index (χ4v) is 1.51. The third-order valence-electron chi connectivity index (χ3n) is 2.43. The first-order chi connectivity index (χ1) is 8.02. The van der Waals surface area contributed by atoms with E-state index in [4.69, 9.17) is 10.5 Å². The van der Waals surface area contributed by atoms with Crippen molar-refractivity contribution in [1.82, 2.24) is 9.78 Å². The van der Waals surface area contributed by atoms with E-state index < -0.39 is 11.6 Å². The molecule has 6 heteroatoms. The van der Waals surface area contributed by atoms with Crippen molar-refractivity contribution in [2.45, 2.75) is 0 Å². The van der Waals surface area contributed by atoms with Crippen LogP contribution in [0, 0.1) is 11.6 Å². The van der Waals surface area contributed by atoms with E-state index in [1.54, 1.807) is 13.1 Å². The Morgan fingerprint density at radius 3 is 2.41 bits per heavy atom. The Balaban J connectivity index is 2.61. The lowest BCUT2D eigenvalue weighted by atomic mass is 10.1. The van der Waals surface area contributed by atoms with Crippen molar-refractivity contribution in [3.63, 3.8) is 0 Å². The molecule has 0 aliphatic heterocycles. The average molecular weight is 239 g/mol. The third kappa shape index (κ3) is 1.93. The Kier molecular flexibility index (Phi) is 2.71. The second-order valence-corrected chi connectivity index (χ2v) is 3.54. The number of nitrogens with zero attached hydrogens (tertiary/aromatic N) is 2. The van der Waals surface area contributed by atoms with Gasteiger partial charge in [0.1, 0.15) is 11.6 Å². The van der Waals surface area contributed by atoms with Crippen LogP contribution in [0.1, 0.15) is 0 Å². The van der Waals surface area contributed by atoms with Crippen LogP contribution in [0.3, 0.4) is 0 Å². The first-order valence-corrected chi connectivity index (χ1v) is 4.86. The Labute approximate surface area is 96.6 Å². The molecule has 1 aromatic carbocycles.